The number of hydrogen-bond acceptors (Lipinski definition) is 5. The van der Waals surface area contributed by atoms with E-state index in [-0.39, 0.29) is 17.9 Å². The Morgan fingerprint density at radius 2 is 1.81 bits per heavy atom. The van der Waals surface area contributed by atoms with E-state index < -0.39 is 0 Å². The molecule has 2 fully saturated rings. The summed E-state index contributed by atoms with van der Waals surface area (Å²) in [6.45, 7) is 3.13. The third-order valence-electron chi connectivity index (χ3n) is 6.06. The molecule has 2 aromatic rings. The fourth-order valence-corrected chi connectivity index (χ4v) is 4.26. The van der Waals surface area contributed by atoms with Crippen LogP contribution in [0.5, 0.6) is 5.75 Å². The number of rotatable bonds is 7. The molecule has 1 atom stereocenters. The van der Waals surface area contributed by atoms with Crippen molar-refractivity contribution < 1.29 is 19.1 Å². The highest BCUT2D eigenvalue weighted by molar-refractivity contribution is 6.06. The summed E-state index contributed by atoms with van der Waals surface area (Å²) in [6, 6.07) is 12.5. The summed E-state index contributed by atoms with van der Waals surface area (Å²) in [5.41, 5.74) is 2.61. The molecule has 0 aromatic heterocycles. The first-order chi connectivity index (χ1) is 15.6. The Morgan fingerprint density at radius 3 is 2.50 bits per heavy atom. The zero-order valence-corrected chi connectivity index (χ0v) is 18.6. The summed E-state index contributed by atoms with van der Waals surface area (Å²) < 4.78 is 10.8. The van der Waals surface area contributed by atoms with Gasteiger partial charge in [-0.1, -0.05) is 0 Å². The van der Waals surface area contributed by atoms with Crippen LogP contribution >= 0.6 is 0 Å². The van der Waals surface area contributed by atoms with Crippen LogP contribution in [-0.4, -0.2) is 51.3 Å². The number of benzene rings is 2. The zero-order valence-electron chi connectivity index (χ0n) is 18.6. The number of nitrogens with zero attached hydrogens (tertiary/aromatic N) is 1. The molecule has 0 spiro atoms. The lowest BCUT2D eigenvalue weighted by Crippen LogP contribution is -2.35. The van der Waals surface area contributed by atoms with Gasteiger partial charge in [-0.3, -0.25) is 9.59 Å². The van der Waals surface area contributed by atoms with Crippen LogP contribution in [0.4, 0.5) is 11.4 Å². The summed E-state index contributed by atoms with van der Waals surface area (Å²) in [6.07, 6.45) is 5.53. The predicted octanol–water partition coefficient (Wildman–Crippen LogP) is 3.85. The maximum absolute atomic E-state index is 13.1. The van der Waals surface area contributed by atoms with E-state index in [9.17, 15) is 9.59 Å². The van der Waals surface area contributed by atoms with Crippen LogP contribution in [0.1, 0.15) is 52.8 Å². The van der Waals surface area contributed by atoms with E-state index in [4.69, 9.17) is 9.47 Å². The fourth-order valence-electron chi connectivity index (χ4n) is 4.26. The lowest BCUT2D eigenvalue weighted by molar-refractivity contribution is 0.0858. The average molecular weight is 438 g/mol. The van der Waals surface area contributed by atoms with Crippen LogP contribution in [0.2, 0.25) is 0 Å². The summed E-state index contributed by atoms with van der Waals surface area (Å²) in [5, 5.41) is 5.94. The normalized spacial score (nSPS) is 18.3. The highest BCUT2D eigenvalue weighted by atomic mass is 16.5. The van der Waals surface area contributed by atoms with Crippen molar-refractivity contribution in [1.82, 2.24) is 5.32 Å². The molecule has 7 heteroatoms. The Balaban J connectivity index is 1.52. The summed E-state index contributed by atoms with van der Waals surface area (Å²) in [5.74, 6) is 0.323. The number of methoxy groups -OCH3 is 1. The molecule has 2 heterocycles. The first-order valence-electron chi connectivity index (χ1n) is 11.4. The smallest absolute Gasteiger partial charge is 0.255 e. The topological polar surface area (TPSA) is 79.9 Å². The van der Waals surface area contributed by atoms with Crippen molar-refractivity contribution in [3.8, 4) is 5.75 Å². The van der Waals surface area contributed by atoms with Crippen LogP contribution in [0, 0.1) is 0 Å². The Kier molecular flexibility index (Phi) is 7.27. The van der Waals surface area contributed by atoms with E-state index in [0.29, 0.717) is 29.1 Å². The molecule has 7 nitrogen and oxygen atoms in total. The minimum Gasteiger partial charge on any atom is -0.497 e. The largest absolute Gasteiger partial charge is 0.497 e. The van der Waals surface area contributed by atoms with Gasteiger partial charge in [0.15, 0.2) is 0 Å². The van der Waals surface area contributed by atoms with Gasteiger partial charge in [-0.2, -0.15) is 0 Å². The summed E-state index contributed by atoms with van der Waals surface area (Å²) >= 11 is 0. The first kappa shape index (κ1) is 22.1. The third-order valence-corrected chi connectivity index (χ3v) is 6.06. The van der Waals surface area contributed by atoms with Crippen molar-refractivity contribution in [2.75, 3.05) is 43.6 Å². The lowest BCUT2D eigenvalue weighted by atomic mass is 10.1. The van der Waals surface area contributed by atoms with Crippen molar-refractivity contribution in [2.45, 2.75) is 38.2 Å². The maximum atomic E-state index is 13.1. The number of amides is 2. The molecule has 0 saturated carbocycles. The van der Waals surface area contributed by atoms with Gasteiger partial charge < -0.3 is 25.0 Å². The van der Waals surface area contributed by atoms with Crippen molar-refractivity contribution in [1.29, 1.82) is 0 Å². The van der Waals surface area contributed by atoms with Gasteiger partial charge in [0.25, 0.3) is 11.8 Å². The maximum Gasteiger partial charge on any atom is 0.255 e. The van der Waals surface area contributed by atoms with E-state index in [1.807, 2.05) is 12.1 Å². The number of anilines is 2. The molecule has 2 aliphatic rings. The highest BCUT2D eigenvalue weighted by Crippen LogP contribution is 2.28. The molecule has 2 saturated heterocycles. The van der Waals surface area contributed by atoms with Crippen LogP contribution in [-0.2, 0) is 4.74 Å². The van der Waals surface area contributed by atoms with E-state index in [1.165, 1.54) is 6.42 Å². The number of hydrogen-bond donors (Lipinski definition) is 2. The molecule has 4 rings (SSSR count). The Hall–Kier alpha value is -3.06. The van der Waals surface area contributed by atoms with Gasteiger partial charge in [-0.25, -0.2) is 0 Å². The number of ether oxygens (including phenoxy) is 2. The Bertz CT molecular complexity index is 933. The molecule has 2 aliphatic heterocycles. The van der Waals surface area contributed by atoms with Crippen molar-refractivity contribution in [3.63, 3.8) is 0 Å². The molecule has 0 aliphatic carbocycles. The van der Waals surface area contributed by atoms with Gasteiger partial charge in [-0.05, 0) is 74.6 Å². The van der Waals surface area contributed by atoms with Crippen LogP contribution < -0.4 is 20.3 Å². The Labute approximate surface area is 189 Å². The average Bonchev–Trinajstić information content (AvgIpc) is 3.37. The van der Waals surface area contributed by atoms with Gasteiger partial charge in [0.2, 0.25) is 0 Å². The second-order valence-corrected chi connectivity index (χ2v) is 8.31. The second-order valence-electron chi connectivity index (χ2n) is 8.31. The van der Waals surface area contributed by atoms with E-state index in [0.717, 1.165) is 51.1 Å². The highest BCUT2D eigenvalue weighted by Gasteiger charge is 2.22. The molecule has 2 N–H and O–H groups in total. The molecule has 2 amide bonds. The summed E-state index contributed by atoms with van der Waals surface area (Å²) in [7, 11) is 1.59. The molecular weight excluding hydrogens is 406 g/mol. The lowest BCUT2D eigenvalue weighted by Gasteiger charge is -2.30. The third kappa shape index (κ3) is 5.40. The molecule has 32 heavy (non-hydrogen) atoms. The van der Waals surface area contributed by atoms with E-state index in [2.05, 4.69) is 15.5 Å². The van der Waals surface area contributed by atoms with Gasteiger partial charge >= 0.3 is 0 Å². The van der Waals surface area contributed by atoms with Crippen molar-refractivity contribution in [3.05, 3.63) is 53.6 Å². The molecule has 0 radical (unpaired) electrons. The molecular formula is C25H31N3O4. The van der Waals surface area contributed by atoms with E-state index in [1.54, 1.807) is 37.4 Å². The van der Waals surface area contributed by atoms with Crippen molar-refractivity contribution in [2.24, 2.45) is 0 Å². The molecule has 1 unspecified atom stereocenters. The molecule has 2 aromatic carbocycles. The summed E-state index contributed by atoms with van der Waals surface area (Å²) in [4.78, 5) is 28.1. The quantitative estimate of drug-likeness (QED) is 0.688. The van der Waals surface area contributed by atoms with Crippen LogP contribution in [0.15, 0.2) is 42.5 Å². The van der Waals surface area contributed by atoms with Gasteiger partial charge in [0, 0.05) is 43.2 Å². The van der Waals surface area contributed by atoms with Gasteiger partial charge in [-0.15, -0.1) is 0 Å². The van der Waals surface area contributed by atoms with Crippen molar-refractivity contribution >= 4 is 23.2 Å². The molecule has 170 valence electrons. The first-order valence-corrected chi connectivity index (χ1v) is 11.4. The number of nitrogens with one attached hydrogen (secondary N) is 2. The van der Waals surface area contributed by atoms with Crippen LogP contribution in [0.3, 0.4) is 0 Å². The fraction of sp³-hybridized carbons (Fsp3) is 0.440. The number of carbonyl (C=O) groups is 2. The predicted molar refractivity (Wildman–Crippen MR) is 125 cm³/mol. The van der Waals surface area contributed by atoms with Crippen LogP contribution in [0.25, 0.3) is 0 Å². The SMILES string of the molecule is COc1ccc(C(=O)Nc2ccc(N3CCCCC3)c(C(=O)NCC3CCCO3)c2)cc1. The zero-order chi connectivity index (χ0) is 22.3. The minimum atomic E-state index is -0.232. The standard InChI is InChI=1S/C25H31N3O4/c1-31-20-10-7-18(8-11-20)24(29)27-19-9-12-23(28-13-3-2-4-14-28)22(16-19)25(30)26-17-21-6-5-15-32-21/h7-12,16,21H,2-6,13-15,17H2,1H3,(H,26,30)(H,27,29). The second kappa shape index (κ2) is 10.5. The minimum absolute atomic E-state index is 0.0790. The van der Waals surface area contributed by atoms with Gasteiger partial charge in [0.05, 0.1) is 18.8 Å². The number of piperidine rings is 1. The Morgan fingerprint density at radius 1 is 1.03 bits per heavy atom. The van der Waals surface area contributed by atoms with Gasteiger partial charge in [0.1, 0.15) is 5.75 Å². The molecule has 0 bridgehead atoms. The van der Waals surface area contributed by atoms with E-state index >= 15 is 0 Å². The monoisotopic (exact) mass is 437 g/mol. The number of carbonyl (C=O) groups excluding carboxylic acids is 2.